The molecule has 39 heavy (non-hydrogen) atoms. The van der Waals surface area contributed by atoms with Crippen LogP contribution in [-0.2, 0) is 4.57 Å². The Morgan fingerprint density at radius 1 is 1.08 bits per heavy atom. The molecule has 3 heteroatoms. The molecule has 4 saturated carbocycles. The Hall–Kier alpha value is -1.89. The Morgan fingerprint density at radius 3 is 2.28 bits per heavy atom. The lowest BCUT2D eigenvalue weighted by Gasteiger charge is -2.45. The second-order valence-corrected chi connectivity index (χ2v) is 16.7. The Balaban J connectivity index is 1.27. The summed E-state index contributed by atoms with van der Waals surface area (Å²) in [6.45, 7) is 11.4. The van der Waals surface area contributed by atoms with Gasteiger partial charge >= 0.3 is 0 Å². The molecule has 0 aromatic heterocycles. The highest BCUT2D eigenvalue weighted by molar-refractivity contribution is 7.78. The Bertz CT molecular complexity index is 1220. The van der Waals surface area contributed by atoms with E-state index in [4.69, 9.17) is 0 Å². The minimum atomic E-state index is -2.74. The fourth-order valence-corrected chi connectivity index (χ4v) is 13.0. The van der Waals surface area contributed by atoms with Gasteiger partial charge in [0, 0.05) is 28.1 Å². The maximum atomic E-state index is 14.9. The largest absolute Gasteiger partial charge is 0.392 e. The third kappa shape index (κ3) is 4.36. The minimum Gasteiger partial charge on any atom is -0.392 e. The van der Waals surface area contributed by atoms with E-state index in [1.807, 2.05) is 36.4 Å². The summed E-state index contributed by atoms with van der Waals surface area (Å²) in [4.78, 5) is 0. The quantitative estimate of drug-likeness (QED) is 0.271. The normalized spacial score (nSPS) is 38.2. The van der Waals surface area contributed by atoms with Gasteiger partial charge in [-0.3, -0.25) is 0 Å². The summed E-state index contributed by atoms with van der Waals surface area (Å²) in [5.41, 5.74) is 1.92. The number of rotatable bonds is 8. The monoisotopic (exact) mass is 542 g/mol. The molecule has 0 amide bonds. The summed E-state index contributed by atoms with van der Waals surface area (Å²) < 4.78 is 14.9. The van der Waals surface area contributed by atoms with E-state index in [0.29, 0.717) is 29.6 Å². The zero-order chi connectivity index (χ0) is 27.4. The Kier molecular flexibility index (Phi) is 7.13. The standard InChI is InChI=1S/C36H47O2P/c1-5-28(36-23-29(36)21-25(2)34(36)37)22-27-13-12-20-35(4)32(18-19-33(27)35)26(3)24-39(38,30-14-8-6-9-15-30)31-16-10-7-11-17-31/h5-11,14-17,22,25-26,28-29,32-34,37H,1,12-13,18-21,23-24H2,2-4H3/b27-22+/t25-,26+,28?,29?,32?,33?,34?,35+,36?/m0/s1. The molecule has 2 aromatic rings. The van der Waals surface area contributed by atoms with Gasteiger partial charge in [0.15, 0.2) is 0 Å². The van der Waals surface area contributed by atoms with E-state index < -0.39 is 7.14 Å². The van der Waals surface area contributed by atoms with Crippen molar-refractivity contribution in [3.63, 3.8) is 0 Å². The van der Waals surface area contributed by atoms with E-state index >= 15 is 0 Å². The average molecular weight is 543 g/mol. The number of hydrogen-bond donors (Lipinski definition) is 1. The van der Waals surface area contributed by atoms with Crippen LogP contribution in [-0.4, -0.2) is 17.4 Å². The van der Waals surface area contributed by atoms with Gasteiger partial charge in [0.1, 0.15) is 7.14 Å². The average Bonchev–Trinajstić information content (AvgIpc) is 3.46. The first-order chi connectivity index (χ1) is 18.7. The van der Waals surface area contributed by atoms with Crippen LogP contribution in [0.4, 0.5) is 0 Å². The highest BCUT2D eigenvalue weighted by Gasteiger charge is 2.67. The number of aliphatic hydroxyl groups excluding tert-OH is 1. The van der Waals surface area contributed by atoms with Gasteiger partial charge in [-0.2, -0.15) is 0 Å². The summed E-state index contributed by atoms with van der Waals surface area (Å²) in [5.74, 6) is 2.90. The SMILES string of the molecule is C=CC(/C=C1\CCC[C@@]2(C)C1CCC2[C@H](C)CP(=O)(c1ccccc1)c1ccccc1)C12CC1C[C@H](C)C2O. The molecule has 0 aliphatic heterocycles. The second-order valence-electron chi connectivity index (χ2n) is 13.8. The third-order valence-electron chi connectivity index (χ3n) is 11.8. The molecule has 208 valence electrons. The van der Waals surface area contributed by atoms with Gasteiger partial charge in [-0.15, -0.1) is 6.58 Å². The van der Waals surface area contributed by atoms with Crippen LogP contribution in [0.2, 0.25) is 0 Å². The van der Waals surface area contributed by atoms with Crippen molar-refractivity contribution in [1.82, 2.24) is 0 Å². The van der Waals surface area contributed by atoms with E-state index in [2.05, 4.69) is 63.8 Å². The summed E-state index contributed by atoms with van der Waals surface area (Å²) in [7, 11) is -2.74. The van der Waals surface area contributed by atoms with E-state index in [9.17, 15) is 9.67 Å². The van der Waals surface area contributed by atoms with Crippen LogP contribution in [0, 0.1) is 46.3 Å². The lowest BCUT2D eigenvalue weighted by molar-refractivity contribution is 0.0554. The molecule has 1 N–H and O–H groups in total. The van der Waals surface area contributed by atoms with E-state index in [0.717, 1.165) is 29.6 Å². The van der Waals surface area contributed by atoms with Crippen LogP contribution < -0.4 is 10.6 Å². The van der Waals surface area contributed by atoms with Crippen molar-refractivity contribution in [2.75, 3.05) is 6.16 Å². The maximum Gasteiger partial charge on any atom is 0.143 e. The molecule has 2 nitrogen and oxygen atoms in total. The molecule has 4 fully saturated rings. The van der Waals surface area contributed by atoms with Crippen LogP contribution in [0.3, 0.4) is 0 Å². The lowest BCUT2D eigenvalue weighted by atomic mass is 9.61. The highest BCUT2D eigenvalue weighted by Crippen LogP contribution is 2.70. The molecule has 2 aromatic carbocycles. The summed E-state index contributed by atoms with van der Waals surface area (Å²) in [6, 6.07) is 20.4. The number of allylic oxidation sites excluding steroid dienone is 3. The summed E-state index contributed by atoms with van der Waals surface area (Å²) >= 11 is 0. The van der Waals surface area contributed by atoms with Gasteiger partial charge in [0.2, 0.25) is 0 Å². The van der Waals surface area contributed by atoms with Crippen LogP contribution in [0.1, 0.15) is 65.7 Å². The van der Waals surface area contributed by atoms with Crippen molar-refractivity contribution >= 4 is 17.8 Å². The summed E-state index contributed by atoms with van der Waals surface area (Å²) in [6.07, 6.45) is 13.7. The molecule has 6 unspecified atom stereocenters. The molecular formula is C36H47O2P. The van der Waals surface area contributed by atoms with Gasteiger partial charge < -0.3 is 9.67 Å². The van der Waals surface area contributed by atoms with E-state index in [1.54, 1.807) is 5.57 Å². The van der Waals surface area contributed by atoms with Crippen LogP contribution in [0.25, 0.3) is 0 Å². The van der Waals surface area contributed by atoms with Gasteiger partial charge in [-0.05, 0) is 80.0 Å². The number of hydrogen-bond acceptors (Lipinski definition) is 2. The molecule has 4 aliphatic carbocycles. The number of benzene rings is 2. The number of aliphatic hydroxyl groups is 1. The lowest BCUT2D eigenvalue weighted by Crippen LogP contribution is -2.38. The van der Waals surface area contributed by atoms with Crippen molar-refractivity contribution in [3.8, 4) is 0 Å². The molecular weight excluding hydrogens is 495 g/mol. The highest BCUT2D eigenvalue weighted by atomic mass is 31.2. The van der Waals surface area contributed by atoms with E-state index in [-0.39, 0.29) is 22.9 Å². The van der Waals surface area contributed by atoms with Gasteiger partial charge in [0.25, 0.3) is 0 Å². The Morgan fingerprint density at radius 2 is 1.72 bits per heavy atom. The predicted molar refractivity (Wildman–Crippen MR) is 164 cm³/mol. The smallest absolute Gasteiger partial charge is 0.143 e. The van der Waals surface area contributed by atoms with E-state index in [1.165, 1.54) is 32.1 Å². The Labute approximate surface area is 236 Å². The van der Waals surface area contributed by atoms with Gasteiger partial charge in [0.05, 0.1) is 6.10 Å². The van der Waals surface area contributed by atoms with Crippen LogP contribution >= 0.6 is 7.14 Å². The van der Waals surface area contributed by atoms with Crippen LogP contribution in [0.15, 0.2) is 85.0 Å². The molecule has 6 rings (SSSR count). The topological polar surface area (TPSA) is 37.3 Å². The first-order valence-electron chi connectivity index (χ1n) is 15.5. The molecule has 9 atom stereocenters. The molecule has 0 heterocycles. The van der Waals surface area contributed by atoms with Gasteiger partial charge in [-0.1, -0.05) is 99.2 Å². The van der Waals surface area contributed by atoms with Crippen molar-refractivity contribution in [3.05, 3.63) is 85.0 Å². The summed E-state index contributed by atoms with van der Waals surface area (Å²) in [5, 5.41) is 13.1. The van der Waals surface area contributed by atoms with Crippen molar-refractivity contribution in [2.45, 2.75) is 71.8 Å². The third-order valence-corrected chi connectivity index (χ3v) is 15.2. The minimum absolute atomic E-state index is 0.0469. The molecule has 0 spiro atoms. The van der Waals surface area contributed by atoms with Crippen molar-refractivity contribution < 1.29 is 9.67 Å². The first-order valence-corrected chi connectivity index (χ1v) is 17.3. The predicted octanol–water partition coefficient (Wildman–Crippen LogP) is 7.99. The molecule has 0 bridgehead atoms. The number of fused-ring (bicyclic) bond motifs is 2. The van der Waals surface area contributed by atoms with Gasteiger partial charge in [-0.25, -0.2) is 0 Å². The fraction of sp³-hybridized carbons (Fsp3) is 0.556. The van der Waals surface area contributed by atoms with Crippen molar-refractivity contribution in [2.24, 2.45) is 46.3 Å². The zero-order valence-corrected chi connectivity index (χ0v) is 25.0. The second kappa shape index (κ2) is 10.2. The maximum absolute atomic E-state index is 14.9. The molecule has 0 saturated heterocycles. The van der Waals surface area contributed by atoms with Crippen molar-refractivity contribution in [1.29, 1.82) is 0 Å². The molecule has 0 radical (unpaired) electrons. The first kappa shape index (κ1) is 27.3. The van der Waals surface area contributed by atoms with Crippen LogP contribution in [0.5, 0.6) is 0 Å². The molecule has 4 aliphatic rings. The zero-order valence-electron chi connectivity index (χ0n) is 24.1. The fourth-order valence-electron chi connectivity index (χ4n) is 9.86.